The van der Waals surface area contributed by atoms with Crippen LogP contribution in [0.4, 0.5) is 10.1 Å². The molecule has 1 fully saturated rings. The molecule has 0 bridgehead atoms. The zero-order valence-corrected chi connectivity index (χ0v) is 18.8. The quantitative estimate of drug-likeness (QED) is 0.437. The first kappa shape index (κ1) is 21.4. The molecule has 168 valence electrons. The number of phenolic OH excluding ortho intramolecular Hbond substituents is 1. The minimum absolute atomic E-state index is 0.210. The van der Waals surface area contributed by atoms with E-state index in [4.69, 9.17) is 17.3 Å². The maximum Gasteiger partial charge on any atom is 0.204 e. The van der Waals surface area contributed by atoms with E-state index in [-0.39, 0.29) is 11.6 Å². The minimum atomic E-state index is -0.217. The SMILES string of the molecule is Oc1ccc(-c2nn(CN3CCN(c4ccc(F)cc4)CC3)c(=S)n2-c2ccccc2)cc1. The molecule has 1 aliphatic heterocycles. The number of para-hydroxylation sites is 1. The molecule has 8 heteroatoms. The van der Waals surface area contributed by atoms with Gasteiger partial charge in [-0.2, -0.15) is 0 Å². The number of aromatic hydroxyl groups is 1. The number of hydrogen-bond donors (Lipinski definition) is 1. The lowest BCUT2D eigenvalue weighted by Gasteiger charge is -2.35. The average Bonchev–Trinajstić information content (AvgIpc) is 3.17. The van der Waals surface area contributed by atoms with Gasteiger partial charge in [0.25, 0.3) is 0 Å². The van der Waals surface area contributed by atoms with Crippen molar-refractivity contribution in [1.29, 1.82) is 0 Å². The van der Waals surface area contributed by atoms with Gasteiger partial charge in [0.1, 0.15) is 11.6 Å². The third kappa shape index (κ3) is 4.53. The number of phenols is 1. The van der Waals surface area contributed by atoms with Gasteiger partial charge >= 0.3 is 0 Å². The molecule has 0 spiro atoms. The van der Waals surface area contributed by atoms with Gasteiger partial charge in [0.15, 0.2) is 5.82 Å². The Kier molecular flexibility index (Phi) is 5.93. The maximum atomic E-state index is 13.2. The van der Waals surface area contributed by atoms with Crippen molar-refractivity contribution in [3.8, 4) is 22.8 Å². The Labute approximate surface area is 196 Å². The third-order valence-corrected chi connectivity index (χ3v) is 6.27. The van der Waals surface area contributed by atoms with Crippen molar-refractivity contribution in [2.45, 2.75) is 6.67 Å². The van der Waals surface area contributed by atoms with Gasteiger partial charge in [-0.05, 0) is 72.9 Å². The van der Waals surface area contributed by atoms with E-state index in [0.29, 0.717) is 11.4 Å². The van der Waals surface area contributed by atoms with Gasteiger partial charge in [-0.25, -0.2) is 9.07 Å². The van der Waals surface area contributed by atoms with Gasteiger partial charge in [0.2, 0.25) is 4.77 Å². The third-order valence-electron chi connectivity index (χ3n) is 5.88. The van der Waals surface area contributed by atoms with Crippen LogP contribution in [0.15, 0.2) is 78.9 Å². The molecule has 33 heavy (non-hydrogen) atoms. The second-order valence-electron chi connectivity index (χ2n) is 8.05. The van der Waals surface area contributed by atoms with E-state index in [0.717, 1.165) is 48.9 Å². The highest BCUT2D eigenvalue weighted by Crippen LogP contribution is 2.25. The van der Waals surface area contributed by atoms with E-state index in [9.17, 15) is 9.50 Å². The van der Waals surface area contributed by atoms with Crippen LogP contribution in [0.2, 0.25) is 0 Å². The summed E-state index contributed by atoms with van der Waals surface area (Å²) in [6, 6.07) is 23.6. The summed E-state index contributed by atoms with van der Waals surface area (Å²) in [4.78, 5) is 4.58. The van der Waals surface area contributed by atoms with Crippen molar-refractivity contribution in [2.75, 3.05) is 31.1 Å². The number of benzene rings is 3. The van der Waals surface area contributed by atoms with Crippen molar-refractivity contribution in [2.24, 2.45) is 0 Å². The van der Waals surface area contributed by atoms with Gasteiger partial charge in [-0.3, -0.25) is 9.47 Å². The van der Waals surface area contributed by atoms with E-state index in [1.54, 1.807) is 12.1 Å². The fraction of sp³-hybridized carbons (Fsp3) is 0.200. The predicted octanol–water partition coefficient (Wildman–Crippen LogP) is 4.69. The van der Waals surface area contributed by atoms with E-state index in [1.165, 1.54) is 12.1 Å². The standard InChI is InChI=1S/C25H24FN5OS/c26-20-8-10-21(11-9-20)29-16-14-28(15-17-29)18-30-25(33)31(22-4-2-1-3-5-22)24(27-30)19-6-12-23(32)13-7-19/h1-13,32H,14-18H2. The van der Waals surface area contributed by atoms with E-state index >= 15 is 0 Å². The summed E-state index contributed by atoms with van der Waals surface area (Å²) in [6.07, 6.45) is 0. The molecule has 0 amide bonds. The Bertz CT molecular complexity index is 1280. The van der Waals surface area contributed by atoms with Crippen LogP contribution in [-0.2, 0) is 6.67 Å². The van der Waals surface area contributed by atoms with Crippen molar-refractivity contribution in [3.63, 3.8) is 0 Å². The molecule has 4 aromatic rings. The highest BCUT2D eigenvalue weighted by Gasteiger charge is 2.20. The summed E-state index contributed by atoms with van der Waals surface area (Å²) in [6.45, 7) is 3.99. The first-order valence-corrected chi connectivity index (χ1v) is 11.3. The molecule has 1 N–H and O–H groups in total. The van der Waals surface area contributed by atoms with Crippen LogP contribution in [0.1, 0.15) is 0 Å². The highest BCUT2D eigenvalue weighted by atomic mass is 32.1. The molecule has 1 aliphatic rings. The molecule has 0 atom stereocenters. The summed E-state index contributed by atoms with van der Waals surface area (Å²) in [5, 5.41) is 14.6. The van der Waals surface area contributed by atoms with Crippen LogP contribution in [0.25, 0.3) is 17.1 Å². The topological polar surface area (TPSA) is 49.5 Å². The number of aromatic nitrogens is 3. The number of halogens is 1. The zero-order valence-electron chi connectivity index (χ0n) is 18.0. The largest absolute Gasteiger partial charge is 0.508 e. The Morgan fingerprint density at radius 2 is 1.48 bits per heavy atom. The van der Waals surface area contributed by atoms with Gasteiger partial charge in [-0.1, -0.05) is 18.2 Å². The van der Waals surface area contributed by atoms with Crippen LogP contribution in [0, 0.1) is 10.6 Å². The zero-order chi connectivity index (χ0) is 22.8. The number of hydrogen-bond acceptors (Lipinski definition) is 5. The van der Waals surface area contributed by atoms with E-state index in [1.807, 2.05) is 63.8 Å². The second-order valence-corrected chi connectivity index (χ2v) is 8.41. The fourth-order valence-corrected chi connectivity index (χ4v) is 4.39. The van der Waals surface area contributed by atoms with Crippen molar-refractivity contribution < 1.29 is 9.50 Å². The second kappa shape index (κ2) is 9.17. The molecule has 5 rings (SSSR count). The summed E-state index contributed by atoms with van der Waals surface area (Å²) in [5.74, 6) is 0.725. The molecule has 6 nitrogen and oxygen atoms in total. The Morgan fingerprint density at radius 3 is 2.15 bits per heavy atom. The van der Waals surface area contributed by atoms with E-state index in [2.05, 4.69) is 9.80 Å². The van der Waals surface area contributed by atoms with Crippen LogP contribution in [0.5, 0.6) is 5.75 Å². The molecular formula is C25H24FN5OS. The fourth-order valence-electron chi connectivity index (χ4n) is 4.10. The Morgan fingerprint density at radius 1 is 0.818 bits per heavy atom. The molecule has 3 aromatic carbocycles. The van der Waals surface area contributed by atoms with Gasteiger partial charge in [0, 0.05) is 43.1 Å². The first-order valence-electron chi connectivity index (χ1n) is 10.9. The smallest absolute Gasteiger partial charge is 0.204 e. The highest BCUT2D eigenvalue weighted by molar-refractivity contribution is 7.71. The molecule has 1 aromatic heterocycles. The number of piperazine rings is 1. The molecule has 1 saturated heterocycles. The monoisotopic (exact) mass is 461 g/mol. The van der Waals surface area contributed by atoms with Crippen molar-refractivity contribution >= 4 is 17.9 Å². The molecule has 0 aliphatic carbocycles. The van der Waals surface area contributed by atoms with Crippen LogP contribution in [-0.4, -0.2) is 50.5 Å². The lowest BCUT2D eigenvalue weighted by Crippen LogP contribution is -2.47. The van der Waals surface area contributed by atoms with Gasteiger partial charge < -0.3 is 10.0 Å². The summed E-state index contributed by atoms with van der Waals surface area (Å²) >= 11 is 5.84. The predicted molar refractivity (Wildman–Crippen MR) is 130 cm³/mol. The normalized spacial score (nSPS) is 14.5. The first-order chi connectivity index (χ1) is 16.1. The molecule has 0 saturated carbocycles. The molecular weight excluding hydrogens is 437 g/mol. The van der Waals surface area contributed by atoms with Crippen LogP contribution >= 0.6 is 12.2 Å². The summed E-state index contributed by atoms with van der Waals surface area (Å²) in [7, 11) is 0. The van der Waals surface area contributed by atoms with Gasteiger partial charge in [-0.15, -0.1) is 5.10 Å². The lowest BCUT2D eigenvalue weighted by molar-refractivity contribution is 0.194. The minimum Gasteiger partial charge on any atom is -0.508 e. The number of nitrogens with zero attached hydrogens (tertiary/aromatic N) is 5. The summed E-state index contributed by atoms with van der Waals surface area (Å²) < 4.78 is 17.7. The van der Waals surface area contributed by atoms with Crippen LogP contribution < -0.4 is 4.90 Å². The molecule has 2 heterocycles. The maximum absolute atomic E-state index is 13.2. The molecule has 0 unspecified atom stereocenters. The van der Waals surface area contributed by atoms with Crippen LogP contribution in [0.3, 0.4) is 0 Å². The molecule has 0 radical (unpaired) electrons. The lowest BCUT2D eigenvalue weighted by atomic mass is 10.2. The van der Waals surface area contributed by atoms with Crippen molar-refractivity contribution in [3.05, 3.63) is 89.5 Å². The van der Waals surface area contributed by atoms with Gasteiger partial charge in [0.05, 0.1) is 6.67 Å². The summed E-state index contributed by atoms with van der Waals surface area (Å²) in [5.41, 5.74) is 2.86. The number of anilines is 1. The Hall–Kier alpha value is -3.49. The average molecular weight is 462 g/mol. The van der Waals surface area contributed by atoms with E-state index < -0.39 is 0 Å². The Balaban J connectivity index is 1.39. The number of rotatable bonds is 5. The van der Waals surface area contributed by atoms with Crippen molar-refractivity contribution in [1.82, 2.24) is 19.2 Å².